The lowest BCUT2D eigenvalue weighted by Crippen LogP contribution is -2.48. The molecule has 0 aromatic heterocycles. The second-order valence-electron chi connectivity index (χ2n) is 4.31. The van der Waals surface area contributed by atoms with Gasteiger partial charge in [0.15, 0.2) is 0 Å². The van der Waals surface area contributed by atoms with Crippen molar-refractivity contribution in [2.24, 2.45) is 0 Å². The van der Waals surface area contributed by atoms with Crippen molar-refractivity contribution in [2.75, 3.05) is 20.3 Å². The number of benzene rings is 1. The third kappa shape index (κ3) is 3.93. The maximum Gasteiger partial charge on any atom is 0.137 e. The van der Waals surface area contributed by atoms with Crippen molar-refractivity contribution in [3.63, 3.8) is 0 Å². The summed E-state index contributed by atoms with van der Waals surface area (Å²) in [6.45, 7) is 1.97. The molecule has 18 heavy (non-hydrogen) atoms. The zero-order chi connectivity index (χ0) is 13.8. The van der Waals surface area contributed by atoms with Crippen molar-refractivity contribution >= 4 is 31.9 Å². The summed E-state index contributed by atoms with van der Waals surface area (Å²) in [6.07, 6.45) is 0. The minimum Gasteiger partial charge on any atom is -0.495 e. The number of rotatable bonds is 6. The lowest BCUT2D eigenvalue weighted by Gasteiger charge is -2.27. The van der Waals surface area contributed by atoms with Gasteiger partial charge in [-0.3, -0.25) is 0 Å². The van der Waals surface area contributed by atoms with Crippen LogP contribution >= 0.6 is 31.9 Å². The van der Waals surface area contributed by atoms with Crippen molar-refractivity contribution in [1.82, 2.24) is 5.32 Å². The molecule has 0 amide bonds. The maximum absolute atomic E-state index is 9.23. The molecular formula is C12H17Br2NO3. The number of hydrogen-bond acceptors (Lipinski definition) is 4. The molecule has 3 N–H and O–H groups in total. The van der Waals surface area contributed by atoms with Gasteiger partial charge in [0, 0.05) is 16.6 Å². The number of methoxy groups -OCH3 is 1. The van der Waals surface area contributed by atoms with E-state index in [0.717, 1.165) is 20.3 Å². The Balaban J connectivity index is 2.90. The molecular weight excluding hydrogens is 366 g/mol. The quantitative estimate of drug-likeness (QED) is 0.704. The van der Waals surface area contributed by atoms with Gasteiger partial charge in [-0.2, -0.15) is 0 Å². The van der Waals surface area contributed by atoms with Crippen molar-refractivity contribution in [3.8, 4) is 5.75 Å². The van der Waals surface area contributed by atoms with E-state index < -0.39 is 5.54 Å². The van der Waals surface area contributed by atoms with Crippen molar-refractivity contribution in [2.45, 2.75) is 19.0 Å². The van der Waals surface area contributed by atoms with E-state index in [-0.39, 0.29) is 13.2 Å². The smallest absolute Gasteiger partial charge is 0.137 e. The van der Waals surface area contributed by atoms with Gasteiger partial charge >= 0.3 is 0 Å². The van der Waals surface area contributed by atoms with Gasteiger partial charge in [0.05, 0.1) is 30.3 Å². The van der Waals surface area contributed by atoms with E-state index in [4.69, 9.17) is 4.74 Å². The Morgan fingerprint density at radius 1 is 1.28 bits per heavy atom. The predicted octanol–water partition coefficient (Wildman–Crippen LogP) is 2.05. The molecule has 0 aliphatic carbocycles. The van der Waals surface area contributed by atoms with Gasteiger partial charge in [-0.1, -0.05) is 15.9 Å². The lowest BCUT2D eigenvalue weighted by molar-refractivity contribution is 0.103. The molecule has 0 saturated heterocycles. The van der Waals surface area contributed by atoms with Gasteiger partial charge < -0.3 is 20.3 Å². The average molecular weight is 383 g/mol. The second-order valence-corrected chi connectivity index (χ2v) is 6.08. The molecule has 6 heteroatoms. The monoisotopic (exact) mass is 381 g/mol. The molecule has 0 saturated carbocycles. The van der Waals surface area contributed by atoms with Gasteiger partial charge in [-0.05, 0) is 35.0 Å². The van der Waals surface area contributed by atoms with Crippen LogP contribution in [0.15, 0.2) is 21.1 Å². The van der Waals surface area contributed by atoms with Crippen LogP contribution < -0.4 is 10.1 Å². The topological polar surface area (TPSA) is 61.7 Å². The molecule has 102 valence electrons. The minimum absolute atomic E-state index is 0.138. The summed E-state index contributed by atoms with van der Waals surface area (Å²) in [7, 11) is 1.61. The molecule has 1 aromatic rings. The first-order valence-corrected chi connectivity index (χ1v) is 7.03. The van der Waals surface area contributed by atoms with E-state index in [2.05, 4.69) is 37.2 Å². The van der Waals surface area contributed by atoms with E-state index in [1.165, 1.54) is 0 Å². The SMILES string of the molecule is COc1c(Br)cc(Br)cc1CNC(C)(CO)CO. The molecule has 1 rings (SSSR count). The zero-order valence-electron chi connectivity index (χ0n) is 10.3. The molecule has 0 aliphatic heterocycles. The Hall–Kier alpha value is -0.140. The molecule has 0 atom stereocenters. The molecule has 0 bridgehead atoms. The third-order valence-corrected chi connectivity index (χ3v) is 3.74. The molecule has 0 fully saturated rings. The summed E-state index contributed by atoms with van der Waals surface area (Å²) in [5, 5.41) is 21.6. The molecule has 0 spiro atoms. The van der Waals surface area contributed by atoms with Crippen LogP contribution in [-0.4, -0.2) is 36.1 Å². The van der Waals surface area contributed by atoms with E-state index in [9.17, 15) is 10.2 Å². The average Bonchev–Trinajstić information content (AvgIpc) is 2.35. The third-order valence-electron chi connectivity index (χ3n) is 2.69. The zero-order valence-corrected chi connectivity index (χ0v) is 13.5. The summed E-state index contributed by atoms with van der Waals surface area (Å²) in [5.74, 6) is 0.740. The number of hydrogen-bond donors (Lipinski definition) is 3. The van der Waals surface area contributed by atoms with Crippen molar-refractivity contribution < 1.29 is 14.9 Å². The highest BCUT2D eigenvalue weighted by atomic mass is 79.9. The number of nitrogens with one attached hydrogen (secondary N) is 1. The number of aliphatic hydroxyl groups excluding tert-OH is 2. The van der Waals surface area contributed by atoms with E-state index in [1.807, 2.05) is 12.1 Å². The fourth-order valence-corrected chi connectivity index (χ4v) is 2.92. The Kier molecular flexibility index (Phi) is 6.07. The van der Waals surface area contributed by atoms with Gasteiger partial charge in [-0.15, -0.1) is 0 Å². The summed E-state index contributed by atoms with van der Waals surface area (Å²) >= 11 is 6.85. The van der Waals surface area contributed by atoms with Gasteiger partial charge in [0.1, 0.15) is 5.75 Å². The summed E-state index contributed by atoms with van der Waals surface area (Å²) < 4.78 is 7.12. The lowest BCUT2D eigenvalue weighted by atomic mass is 10.0. The van der Waals surface area contributed by atoms with Gasteiger partial charge in [-0.25, -0.2) is 0 Å². The largest absolute Gasteiger partial charge is 0.495 e. The number of halogens is 2. The number of ether oxygens (including phenoxy) is 1. The summed E-state index contributed by atoms with van der Waals surface area (Å²) in [4.78, 5) is 0. The molecule has 0 unspecified atom stereocenters. The van der Waals surface area contributed by atoms with Crippen LogP contribution in [0.3, 0.4) is 0 Å². The molecule has 0 heterocycles. The van der Waals surface area contributed by atoms with Crippen LogP contribution in [0.2, 0.25) is 0 Å². The highest BCUT2D eigenvalue weighted by Crippen LogP contribution is 2.32. The fraction of sp³-hybridized carbons (Fsp3) is 0.500. The summed E-state index contributed by atoms with van der Waals surface area (Å²) in [5.41, 5.74) is 0.228. The Morgan fingerprint density at radius 2 is 1.89 bits per heavy atom. The number of aliphatic hydroxyl groups is 2. The second kappa shape index (κ2) is 6.86. The highest BCUT2D eigenvalue weighted by Gasteiger charge is 2.22. The normalized spacial score (nSPS) is 11.7. The van der Waals surface area contributed by atoms with Crippen LogP contribution in [0.5, 0.6) is 5.75 Å². The highest BCUT2D eigenvalue weighted by molar-refractivity contribution is 9.11. The Bertz CT molecular complexity index is 409. The summed E-state index contributed by atoms with van der Waals surface area (Å²) in [6, 6.07) is 3.84. The first-order chi connectivity index (χ1) is 8.45. The van der Waals surface area contributed by atoms with Crippen molar-refractivity contribution in [3.05, 3.63) is 26.6 Å². The van der Waals surface area contributed by atoms with E-state index in [0.29, 0.717) is 6.54 Å². The minimum atomic E-state index is -0.709. The van der Waals surface area contributed by atoms with Crippen molar-refractivity contribution in [1.29, 1.82) is 0 Å². The molecule has 1 aromatic carbocycles. The van der Waals surface area contributed by atoms with Gasteiger partial charge in [0.2, 0.25) is 0 Å². The standard InChI is InChI=1S/C12H17Br2NO3/c1-12(6-16,7-17)15-5-8-3-9(13)4-10(14)11(8)18-2/h3-4,15-17H,5-7H2,1-2H3. The van der Waals surface area contributed by atoms with Crippen LogP contribution in [-0.2, 0) is 6.54 Å². The van der Waals surface area contributed by atoms with E-state index in [1.54, 1.807) is 14.0 Å². The molecule has 0 radical (unpaired) electrons. The van der Waals surface area contributed by atoms with Crippen LogP contribution in [0.25, 0.3) is 0 Å². The van der Waals surface area contributed by atoms with Gasteiger partial charge in [0.25, 0.3) is 0 Å². The maximum atomic E-state index is 9.23. The van der Waals surface area contributed by atoms with Crippen LogP contribution in [0.1, 0.15) is 12.5 Å². The predicted molar refractivity (Wildman–Crippen MR) is 77.8 cm³/mol. The first kappa shape index (κ1) is 15.9. The van der Waals surface area contributed by atoms with Crippen LogP contribution in [0.4, 0.5) is 0 Å². The first-order valence-electron chi connectivity index (χ1n) is 5.44. The van der Waals surface area contributed by atoms with Crippen LogP contribution in [0, 0.1) is 0 Å². The Morgan fingerprint density at radius 3 is 2.39 bits per heavy atom. The van der Waals surface area contributed by atoms with E-state index >= 15 is 0 Å². The Labute approximate surface area is 124 Å². The molecule has 0 aliphatic rings. The fourth-order valence-electron chi connectivity index (χ4n) is 1.44. The molecule has 4 nitrogen and oxygen atoms in total.